The topological polar surface area (TPSA) is 38.5 Å². The molecule has 1 aromatic rings. The Kier molecular flexibility index (Phi) is 7.55. The lowest BCUT2D eigenvalue weighted by Gasteiger charge is -2.15. The van der Waals surface area contributed by atoms with E-state index in [1.165, 1.54) is 5.56 Å². The lowest BCUT2D eigenvalue weighted by Crippen LogP contribution is -2.26. The summed E-state index contributed by atoms with van der Waals surface area (Å²) in [6.07, 6.45) is 1.12. The fraction of sp³-hybridized carbons (Fsp3) is 0.500. The summed E-state index contributed by atoms with van der Waals surface area (Å²) in [5.74, 6) is 0.914. The number of nitrogens with zero attached hydrogens (tertiary/aromatic N) is 1. The van der Waals surface area contributed by atoms with E-state index < -0.39 is 0 Å². The van der Waals surface area contributed by atoms with Crippen molar-refractivity contribution in [3.05, 3.63) is 29.8 Å². The first-order chi connectivity index (χ1) is 7.28. The summed E-state index contributed by atoms with van der Waals surface area (Å²) in [6.45, 7) is 3.14. The molecule has 0 radical (unpaired) electrons. The van der Waals surface area contributed by atoms with Crippen molar-refractivity contribution >= 4 is 24.8 Å². The molecule has 1 aliphatic rings. The van der Waals surface area contributed by atoms with Gasteiger partial charge in [0.1, 0.15) is 5.75 Å². The largest absolute Gasteiger partial charge is 0.497 e. The standard InChI is InChI=1S/C12H18N2O.2ClH/c1-15-12-4-2-10(3-5-12)8-14-7-6-11(13)9-14;;/h2-5,11H,6-9,13H2,1H3;2*1H. The van der Waals surface area contributed by atoms with E-state index in [0.29, 0.717) is 6.04 Å². The molecule has 98 valence electrons. The van der Waals surface area contributed by atoms with Gasteiger partial charge in [-0.05, 0) is 24.1 Å². The van der Waals surface area contributed by atoms with Gasteiger partial charge in [-0.25, -0.2) is 0 Å². The minimum Gasteiger partial charge on any atom is -0.497 e. The zero-order chi connectivity index (χ0) is 10.7. The number of ether oxygens (including phenoxy) is 1. The van der Waals surface area contributed by atoms with Gasteiger partial charge in [0, 0.05) is 25.7 Å². The Morgan fingerprint density at radius 2 is 1.94 bits per heavy atom. The summed E-state index contributed by atoms with van der Waals surface area (Å²) in [7, 11) is 1.69. The van der Waals surface area contributed by atoms with Crippen molar-refractivity contribution in [2.75, 3.05) is 20.2 Å². The molecule has 1 saturated heterocycles. The van der Waals surface area contributed by atoms with Crippen LogP contribution in [0.2, 0.25) is 0 Å². The molecule has 1 fully saturated rings. The first-order valence-corrected chi connectivity index (χ1v) is 5.39. The molecular formula is C12H20Cl2N2O. The molecule has 1 unspecified atom stereocenters. The first kappa shape index (κ1) is 16.5. The SMILES string of the molecule is COc1ccc(CN2CCC(N)C2)cc1.Cl.Cl. The van der Waals surface area contributed by atoms with Crippen LogP contribution in [0.5, 0.6) is 5.75 Å². The molecule has 1 aliphatic heterocycles. The van der Waals surface area contributed by atoms with Crippen LogP contribution in [0, 0.1) is 0 Å². The third-order valence-corrected chi connectivity index (χ3v) is 2.87. The van der Waals surface area contributed by atoms with Crippen LogP contribution in [0.1, 0.15) is 12.0 Å². The maximum atomic E-state index is 5.86. The van der Waals surface area contributed by atoms with E-state index in [0.717, 1.165) is 31.8 Å². The first-order valence-electron chi connectivity index (χ1n) is 5.39. The van der Waals surface area contributed by atoms with Crippen molar-refractivity contribution in [2.45, 2.75) is 19.0 Å². The molecule has 5 heteroatoms. The number of hydrogen-bond donors (Lipinski definition) is 1. The Labute approximate surface area is 115 Å². The van der Waals surface area contributed by atoms with Crippen LogP contribution in [0.25, 0.3) is 0 Å². The molecule has 1 aromatic carbocycles. The van der Waals surface area contributed by atoms with Gasteiger partial charge in [-0.15, -0.1) is 24.8 Å². The van der Waals surface area contributed by atoms with Crippen LogP contribution < -0.4 is 10.5 Å². The number of nitrogens with two attached hydrogens (primary N) is 1. The van der Waals surface area contributed by atoms with Gasteiger partial charge in [0.15, 0.2) is 0 Å². The predicted molar refractivity (Wildman–Crippen MR) is 75.4 cm³/mol. The van der Waals surface area contributed by atoms with E-state index in [1.807, 2.05) is 12.1 Å². The normalized spacial score (nSPS) is 19.3. The minimum absolute atomic E-state index is 0. The van der Waals surface area contributed by atoms with E-state index in [-0.39, 0.29) is 24.8 Å². The Balaban J connectivity index is 0.00000128. The van der Waals surface area contributed by atoms with Crippen molar-refractivity contribution < 1.29 is 4.74 Å². The molecule has 0 aromatic heterocycles. The summed E-state index contributed by atoms with van der Waals surface area (Å²) in [4.78, 5) is 2.40. The van der Waals surface area contributed by atoms with Crippen molar-refractivity contribution in [3.63, 3.8) is 0 Å². The number of benzene rings is 1. The molecule has 17 heavy (non-hydrogen) atoms. The Morgan fingerprint density at radius 3 is 2.41 bits per heavy atom. The van der Waals surface area contributed by atoms with Gasteiger partial charge in [0.25, 0.3) is 0 Å². The highest BCUT2D eigenvalue weighted by atomic mass is 35.5. The van der Waals surface area contributed by atoms with Crippen LogP contribution in [-0.4, -0.2) is 31.1 Å². The lowest BCUT2D eigenvalue weighted by atomic mass is 10.2. The third kappa shape index (κ3) is 4.72. The smallest absolute Gasteiger partial charge is 0.118 e. The van der Waals surface area contributed by atoms with E-state index >= 15 is 0 Å². The van der Waals surface area contributed by atoms with Gasteiger partial charge in [-0.2, -0.15) is 0 Å². The number of rotatable bonds is 3. The molecule has 1 heterocycles. The molecular weight excluding hydrogens is 259 g/mol. The average molecular weight is 279 g/mol. The van der Waals surface area contributed by atoms with Crippen molar-refractivity contribution in [2.24, 2.45) is 5.73 Å². The molecule has 2 rings (SSSR count). The zero-order valence-corrected chi connectivity index (χ0v) is 11.6. The second-order valence-corrected chi connectivity index (χ2v) is 4.13. The van der Waals surface area contributed by atoms with Crippen LogP contribution in [0.15, 0.2) is 24.3 Å². The second-order valence-electron chi connectivity index (χ2n) is 4.13. The minimum atomic E-state index is 0. The molecule has 3 nitrogen and oxygen atoms in total. The van der Waals surface area contributed by atoms with Crippen molar-refractivity contribution in [3.8, 4) is 5.75 Å². The number of likely N-dealkylation sites (tertiary alicyclic amines) is 1. The van der Waals surface area contributed by atoms with Gasteiger partial charge < -0.3 is 10.5 Å². The van der Waals surface area contributed by atoms with Crippen LogP contribution in [-0.2, 0) is 6.54 Å². The average Bonchev–Trinajstić information content (AvgIpc) is 2.65. The lowest BCUT2D eigenvalue weighted by molar-refractivity contribution is 0.326. The van der Waals surface area contributed by atoms with E-state index in [4.69, 9.17) is 10.5 Å². The number of hydrogen-bond acceptors (Lipinski definition) is 3. The number of methoxy groups -OCH3 is 1. The molecule has 1 atom stereocenters. The Bertz CT molecular complexity index is 319. The maximum absolute atomic E-state index is 5.86. The zero-order valence-electron chi connectivity index (χ0n) is 9.96. The van der Waals surface area contributed by atoms with Gasteiger partial charge in [0.05, 0.1) is 7.11 Å². The van der Waals surface area contributed by atoms with Crippen LogP contribution in [0.3, 0.4) is 0 Å². The highest BCUT2D eigenvalue weighted by Gasteiger charge is 2.18. The summed E-state index contributed by atoms with van der Waals surface area (Å²) < 4.78 is 5.12. The molecule has 0 amide bonds. The fourth-order valence-electron chi connectivity index (χ4n) is 2.00. The summed E-state index contributed by atoms with van der Waals surface area (Å²) in [6, 6.07) is 8.60. The number of halogens is 2. The Hall–Kier alpha value is -0.480. The summed E-state index contributed by atoms with van der Waals surface area (Å²) in [5.41, 5.74) is 7.19. The van der Waals surface area contributed by atoms with E-state index in [9.17, 15) is 0 Å². The molecule has 0 spiro atoms. The molecule has 2 N–H and O–H groups in total. The van der Waals surface area contributed by atoms with Gasteiger partial charge in [0.2, 0.25) is 0 Å². The molecule has 0 aliphatic carbocycles. The highest BCUT2D eigenvalue weighted by Crippen LogP contribution is 2.15. The van der Waals surface area contributed by atoms with E-state index in [1.54, 1.807) is 7.11 Å². The Morgan fingerprint density at radius 1 is 1.29 bits per heavy atom. The maximum Gasteiger partial charge on any atom is 0.118 e. The second kappa shape index (κ2) is 7.77. The van der Waals surface area contributed by atoms with Crippen LogP contribution >= 0.6 is 24.8 Å². The predicted octanol–water partition coefficient (Wildman–Crippen LogP) is 2.07. The van der Waals surface area contributed by atoms with Gasteiger partial charge in [-0.1, -0.05) is 12.1 Å². The molecule has 0 saturated carbocycles. The third-order valence-electron chi connectivity index (χ3n) is 2.87. The van der Waals surface area contributed by atoms with Crippen molar-refractivity contribution in [1.29, 1.82) is 0 Å². The monoisotopic (exact) mass is 278 g/mol. The summed E-state index contributed by atoms with van der Waals surface area (Å²) >= 11 is 0. The highest BCUT2D eigenvalue weighted by molar-refractivity contribution is 5.85. The van der Waals surface area contributed by atoms with E-state index in [2.05, 4.69) is 17.0 Å². The fourth-order valence-corrected chi connectivity index (χ4v) is 2.00. The molecule has 0 bridgehead atoms. The summed E-state index contributed by atoms with van der Waals surface area (Å²) in [5, 5.41) is 0. The van der Waals surface area contributed by atoms with Gasteiger partial charge >= 0.3 is 0 Å². The van der Waals surface area contributed by atoms with Crippen molar-refractivity contribution in [1.82, 2.24) is 4.90 Å². The van der Waals surface area contributed by atoms with Crippen LogP contribution in [0.4, 0.5) is 0 Å². The quantitative estimate of drug-likeness (QED) is 0.920. The van der Waals surface area contributed by atoms with Gasteiger partial charge in [-0.3, -0.25) is 4.90 Å².